The number of carbonyl (C=O) groups is 1. The van der Waals surface area contributed by atoms with Crippen molar-refractivity contribution in [3.8, 4) is 0 Å². The van der Waals surface area contributed by atoms with Crippen molar-refractivity contribution in [3.05, 3.63) is 35.9 Å². The zero-order valence-electron chi connectivity index (χ0n) is 11.9. The molecule has 1 heterocycles. The number of hydrogen-bond donors (Lipinski definition) is 2. The van der Waals surface area contributed by atoms with Crippen LogP contribution in [0.15, 0.2) is 30.3 Å². The van der Waals surface area contributed by atoms with E-state index in [9.17, 15) is 9.90 Å². The van der Waals surface area contributed by atoms with Crippen molar-refractivity contribution in [2.24, 2.45) is 5.92 Å². The molecule has 1 fully saturated rings. The van der Waals surface area contributed by atoms with Crippen LogP contribution in [-0.4, -0.2) is 36.9 Å². The lowest BCUT2D eigenvalue weighted by molar-refractivity contribution is -0.138. The molecule has 0 saturated carbocycles. The average Bonchev–Trinajstić information content (AvgIpc) is 2.91. The van der Waals surface area contributed by atoms with E-state index in [2.05, 4.69) is 12.2 Å². The number of benzene rings is 1. The molecular formula is C16H23NO3. The number of hydrogen-bond acceptors (Lipinski definition) is 3. The minimum atomic E-state index is -0.779. The quantitative estimate of drug-likeness (QED) is 0.802. The first-order valence-electron chi connectivity index (χ1n) is 7.32. The van der Waals surface area contributed by atoms with E-state index in [0.717, 1.165) is 31.6 Å². The number of nitrogens with one attached hydrogen (secondary N) is 1. The van der Waals surface area contributed by atoms with Crippen molar-refractivity contribution in [2.75, 3.05) is 19.7 Å². The lowest BCUT2D eigenvalue weighted by Gasteiger charge is -2.19. The molecule has 4 heteroatoms. The van der Waals surface area contributed by atoms with Crippen LogP contribution in [0.25, 0.3) is 0 Å². The molecule has 1 aromatic carbocycles. The molecule has 1 aliphatic heterocycles. The minimum Gasteiger partial charge on any atom is -0.481 e. The summed E-state index contributed by atoms with van der Waals surface area (Å²) >= 11 is 0. The van der Waals surface area contributed by atoms with Crippen LogP contribution in [0.5, 0.6) is 0 Å². The zero-order valence-corrected chi connectivity index (χ0v) is 11.9. The van der Waals surface area contributed by atoms with E-state index < -0.39 is 11.9 Å². The average molecular weight is 277 g/mol. The highest BCUT2D eigenvalue weighted by molar-refractivity contribution is 5.76. The Balaban J connectivity index is 1.86. The van der Waals surface area contributed by atoms with Gasteiger partial charge in [-0.05, 0) is 24.3 Å². The summed E-state index contributed by atoms with van der Waals surface area (Å²) in [5.41, 5.74) is 0.849. The molecule has 0 bridgehead atoms. The summed E-state index contributed by atoms with van der Waals surface area (Å²) in [4.78, 5) is 11.4. The second-order valence-electron chi connectivity index (χ2n) is 5.33. The standard InChI is InChI=1S/C16H23NO3/c1-2-15-13(8-9-20-15)10-17-11-14(16(18)19)12-6-4-3-5-7-12/h3-7,13-15,17H,2,8-11H2,1H3,(H,18,19). The Morgan fingerprint density at radius 2 is 2.20 bits per heavy atom. The van der Waals surface area contributed by atoms with E-state index in [1.165, 1.54) is 0 Å². The minimum absolute atomic E-state index is 0.322. The third kappa shape index (κ3) is 3.81. The number of carboxylic acid groups (broad SMARTS) is 1. The number of rotatable bonds is 7. The summed E-state index contributed by atoms with van der Waals surface area (Å²) in [6, 6.07) is 9.39. The zero-order chi connectivity index (χ0) is 14.4. The molecule has 110 valence electrons. The molecule has 0 radical (unpaired) electrons. The first-order valence-corrected chi connectivity index (χ1v) is 7.32. The van der Waals surface area contributed by atoms with Gasteiger partial charge in [0.1, 0.15) is 0 Å². The Morgan fingerprint density at radius 3 is 2.85 bits per heavy atom. The molecule has 1 aliphatic rings. The van der Waals surface area contributed by atoms with Crippen LogP contribution in [0.1, 0.15) is 31.2 Å². The fourth-order valence-electron chi connectivity index (χ4n) is 2.82. The number of carboxylic acids is 1. The van der Waals surface area contributed by atoms with Crippen LogP contribution in [0.2, 0.25) is 0 Å². The van der Waals surface area contributed by atoms with Crippen molar-refractivity contribution in [2.45, 2.75) is 31.8 Å². The van der Waals surface area contributed by atoms with Crippen LogP contribution >= 0.6 is 0 Å². The van der Waals surface area contributed by atoms with E-state index in [4.69, 9.17) is 4.74 Å². The normalized spacial score (nSPS) is 23.6. The second kappa shape index (κ2) is 7.41. The third-order valence-corrected chi connectivity index (χ3v) is 4.00. The lowest BCUT2D eigenvalue weighted by atomic mass is 9.97. The Hall–Kier alpha value is -1.39. The van der Waals surface area contributed by atoms with Crippen LogP contribution in [-0.2, 0) is 9.53 Å². The van der Waals surface area contributed by atoms with E-state index in [-0.39, 0.29) is 0 Å². The number of ether oxygens (including phenoxy) is 1. The van der Waals surface area contributed by atoms with Gasteiger partial charge < -0.3 is 15.2 Å². The summed E-state index contributed by atoms with van der Waals surface area (Å²) in [5, 5.41) is 12.7. The van der Waals surface area contributed by atoms with Gasteiger partial charge in [-0.2, -0.15) is 0 Å². The maximum Gasteiger partial charge on any atom is 0.312 e. The van der Waals surface area contributed by atoms with Gasteiger partial charge in [-0.1, -0.05) is 37.3 Å². The van der Waals surface area contributed by atoms with Crippen LogP contribution < -0.4 is 5.32 Å². The molecule has 4 nitrogen and oxygen atoms in total. The van der Waals surface area contributed by atoms with E-state index in [0.29, 0.717) is 18.6 Å². The van der Waals surface area contributed by atoms with Gasteiger partial charge in [-0.15, -0.1) is 0 Å². The number of aliphatic carboxylic acids is 1. The second-order valence-corrected chi connectivity index (χ2v) is 5.33. The molecular weight excluding hydrogens is 254 g/mol. The molecule has 0 aliphatic carbocycles. The van der Waals surface area contributed by atoms with Crippen molar-refractivity contribution in [1.82, 2.24) is 5.32 Å². The maximum absolute atomic E-state index is 11.4. The SMILES string of the molecule is CCC1OCCC1CNCC(C(=O)O)c1ccccc1. The molecule has 1 saturated heterocycles. The predicted octanol–water partition coefficient (Wildman–Crippen LogP) is 2.26. The topological polar surface area (TPSA) is 58.6 Å². The Kier molecular flexibility index (Phi) is 5.56. The van der Waals surface area contributed by atoms with E-state index in [1.807, 2.05) is 30.3 Å². The van der Waals surface area contributed by atoms with Crippen LogP contribution in [0.4, 0.5) is 0 Å². The van der Waals surface area contributed by atoms with Gasteiger partial charge in [0.2, 0.25) is 0 Å². The van der Waals surface area contributed by atoms with E-state index in [1.54, 1.807) is 0 Å². The Bertz CT molecular complexity index is 421. The van der Waals surface area contributed by atoms with Crippen molar-refractivity contribution in [3.63, 3.8) is 0 Å². The Morgan fingerprint density at radius 1 is 1.45 bits per heavy atom. The van der Waals surface area contributed by atoms with Gasteiger partial charge in [0, 0.05) is 19.7 Å². The highest BCUT2D eigenvalue weighted by Gasteiger charge is 2.27. The molecule has 0 aromatic heterocycles. The van der Waals surface area contributed by atoms with Crippen molar-refractivity contribution >= 4 is 5.97 Å². The monoisotopic (exact) mass is 277 g/mol. The van der Waals surface area contributed by atoms with Gasteiger partial charge >= 0.3 is 5.97 Å². The summed E-state index contributed by atoms with van der Waals surface area (Å²) in [7, 11) is 0. The molecule has 20 heavy (non-hydrogen) atoms. The first-order chi connectivity index (χ1) is 9.72. The third-order valence-electron chi connectivity index (χ3n) is 4.00. The van der Waals surface area contributed by atoms with Gasteiger partial charge in [0.05, 0.1) is 12.0 Å². The predicted molar refractivity (Wildman–Crippen MR) is 77.8 cm³/mol. The molecule has 3 unspecified atom stereocenters. The molecule has 2 N–H and O–H groups in total. The maximum atomic E-state index is 11.4. The van der Waals surface area contributed by atoms with Gasteiger partial charge in [-0.25, -0.2) is 0 Å². The van der Waals surface area contributed by atoms with E-state index >= 15 is 0 Å². The van der Waals surface area contributed by atoms with Gasteiger partial charge in [0.15, 0.2) is 0 Å². The lowest BCUT2D eigenvalue weighted by Crippen LogP contribution is -2.33. The molecule has 0 amide bonds. The van der Waals surface area contributed by atoms with Crippen molar-refractivity contribution in [1.29, 1.82) is 0 Å². The summed E-state index contributed by atoms with van der Waals surface area (Å²) < 4.78 is 5.65. The fourth-order valence-corrected chi connectivity index (χ4v) is 2.82. The van der Waals surface area contributed by atoms with Crippen molar-refractivity contribution < 1.29 is 14.6 Å². The smallest absolute Gasteiger partial charge is 0.312 e. The molecule has 1 aromatic rings. The van der Waals surface area contributed by atoms with Crippen LogP contribution in [0.3, 0.4) is 0 Å². The first kappa shape index (κ1) is 15.0. The fraction of sp³-hybridized carbons (Fsp3) is 0.562. The molecule has 0 spiro atoms. The molecule has 3 atom stereocenters. The largest absolute Gasteiger partial charge is 0.481 e. The summed E-state index contributed by atoms with van der Waals surface area (Å²) in [6.45, 7) is 4.25. The van der Waals surface area contributed by atoms with Crippen LogP contribution in [0, 0.1) is 5.92 Å². The molecule has 2 rings (SSSR count). The summed E-state index contributed by atoms with van der Waals surface area (Å²) in [5.74, 6) is -0.762. The van der Waals surface area contributed by atoms with Gasteiger partial charge in [-0.3, -0.25) is 4.79 Å². The Labute approximate surface area is 120 Å². The highest BCUT2D eigenvalue weighted by atomic mass is 16.5. The highest BCUT2D eigenvalue weighted by Crippen LogP contribution is 2.23. The van der Waals surface area contributed by atoms with Gasteiger partial charge in [0.25, 0.3) is 0 Å². The summed E-state index contributed by atoms with van der Waals surface area (Å²) in [6.07, 6.45) is 2.41.